The topological polar surface area (TPSA) is 49.9 Å². The van der Waals surface area contributed by atoms with E-state index in [4.69, 9.17) is 16.3 Å². The van der Waals surface area contributed by atoms with E-state index in [1.807, 2.05) is 28.0 Å². The highest BCUT2D eigenvalue weighted by molar-refractivity contribution is 6.31. The maximum absolute atomic E-state index is 13.7. The van der Waals surface area contributed by atoms with Gasteiger partial charge in [-0.15, -0.1) is 0 Å². The summed E-state index contributed by atoms with van der Waals surface area (Å²) in [6, 6.07) is 7.89. The lowest BCUT2D eigenvalue weighted by atomic mass is 9.73. The minimum absolute atomic E-state index is 0.0207. The Balaban J connectivity index is 1.43. The molecule has 3 aliphatic rings. The van der Waals surface area contributed by atoms with Crippen LogP contribution in [0.25, 0.3) is 0 Å². The van der Waals surface area contributed by atoms with Gasteiger partial charge in [-0.25, -0.2) is 0 Å². The van der Waals surface area contributed by atoms with E-state index in [2.05, 4.69) is 33.4 Å². The van der Waals surface area contributed by atoms with Crippen molar-refractivity contribution in [2.45, 2.75) is 45.1 Å². The third-order valence-electron chi connectivity index (χ3n) is 7.76. The summed E-state index contributed by atoms with van der Waals surface area (Å²) in [5.41, 5.74) is 0.771. The number of benzene rings is 1. The molecule has 5 nitrogen and oxygen atoms in total. The van der Waals surface area contributed by atoms with Crippen molar-refractivity contribution < 1.29 is 14.3 Å². The van der Waals surface area contributed by atoms with Gasteiger partial charge in [0, 0.05) is 37.1 Å². The lowest BCUT2D eigenvalue weighted by Gasteiger charge is -2.49. The summed E-state index contributed by atoms with van der Waals surface area (Å²) in [6.45, 7) is 13.6. The van der Waals surface area contributed by atoms with E-state index in [9.17, 15) is 9.59 Å². The average molecular weight is 459 g/mol. The van der Waals surface area contributed by atoms with Gasteiger partial charge in [0.05, 0.1) is 18.1 Å². The summed E-state index contributed by atoms with van der Waals surface area (Å²) in [4.78, 5) is 29.4. The molecule has 3 fully saturated rings. The summed E-state index contributed by atoms with van der Waals surface area (Å²) in [7, 11) is 0. The van der Waals surface area contributed by atoms with Crippen molar-refractivity contribution in [3.63, 3.8) is 0 Å². The summed E-state index contributed by atoms with van der Waals surface area (Å²) < 4.78 is 6.10. The lowest BCUT2D eigenvalue weighted by Crippen LogP contribution is -2.57. The molecular weight excluding hydrogens is 424 g/mol. The van der Waals surface area contributed by atoms with Crippen molar-refractivity contribution in [3.8, 4) is 0 Å². The van der Waals surface area contributed by atoms with Crippen molar-refractivity contribution in [1.29, 1.82) is 0 Å². The molecule has 32 heavy (non-hydrogen) atoms. The van der Waals surface area contributed by atoms with Gasteiger partial charge in [-0.1, -0.05) is 43.3 Å². The number of ether oxygens (including phenoxy) is 1. The molecule has 6 heteroatoms. The van der Waals surface area contributed by atoms with Gasteiger partial charge < -0.3 is 14.5 Å². The van der Waals surface area contributed by atoms with Crippen molar-refractivity contribution in [3.05, 3.63) is 47.5 Å². The molecule has 1 aromatic carbocycles. The van der Waals surface area contributed by atoms with Gasteiger partial charge in [-0.3, -0.25) is 9.59 Å². The van der Waals surface area contributed by atoms with Crippen molar-refractivity contribution in [1.82, 2.24) is 9.80 Å². The van der Waals surface area contributed by atoms with Crippen LogP contribution < -0.4 is 0 Å². The van der Waals surface area contributed by atoms with Crippen LogP contribution >= 0.6 is 11.6 Å². The molecule has 0 saturated carbocycles. The van der Waals surface area contributed by atoms with Crippen LogP contribution in [0.2, 0.25) is 5.02 Å². The number of halogens is 1. The zero-order valence-electron chi connectivity index (χ0n) is 19.4. The van der Waals surface area contributed by atoms with Gasteiger partial charge in [0.25, 0.3) is 0 Å². The zero-order chi connectivity index (χ0) is 23.0. The maximum atomic E-state index is 13.7. The Labute approximate surface area is 196 Å². The Bertz CT molecular complexity index is 880. The fraction of sp³-hybridized carbons (Fsp3) is 0.615. The molecule has 0 unspecified atom stereocenters. The Kier molecular flexibility index (Phi) is 6.69. The normalized spacial score (nSPS) is 30.5. The van der Waals surface area contributed by atoms with E-state index in [-0.39, 0.29) is 29.3 Å². The van der Waals surface area contributed by atoms with Gasteiger partial charge in [0.15, 0.2) is 0 Å². The first kappa shape index (κ1) is 23.3. The summed E-state index contributed by atoms with van der Waals surface area (Å²) in [6.07, 6.45) is 3.15. The smallest absolute Gasteiger partial charge is 0.245 e. The summed E-state index contributed by atoms with van der Waals surface area (Å²) >= 11 is 6.55. The maximum Gasteiger partial charge on any atom is 0.245 e. The number of carbonyl (C=O) groups is 2. The number of hydrogen-bond acceptors (Lipinski definition) is 3. The standard InChI is InChI=1S/C26H35ClN2O3/c1-5-24(30)29-14-18(15-29)19-10-11-28(13-17(19)2)25(31)22-16-32-26(3,4)12-21(22)20-8-6-7-9-23(20)27/h5-9,17-19,21-22H,1,10-16H2,2-4H3/t17-,19+,21-,22+/m1/s1. The van der Waals surface area contributed by atoms with Crippen molar-refractivity contribution in [2.24, 2.45) is 23.7 Å². The van der Waals surface area contributed by atoms with Crippen LogP contribution in [0.5, 0.6) is 0 Å². The number of carbonyl (C=O) groups excluding carboxylic acids is 2. The monoisotopic (exact) mass is 458 g/mol. The minimum atomic E-state index is -0.278. The first-order chi connectivity index (χ1) is 15.2. The largest absolute Gasteiger partial charge is 0.375 e. The van der Waals surface area contributed by atoms with E-state index in [0.29, 0.717) is 24.4 Å². The minimum Gasteiger partial charge on any atom is -0.375 e. The highest BCUT2D eigenvalue weighted by Crippen LogP contribution is 2.43. The molecular formula is C26H35ClN2O3. The molecule has 0 N–H and O–H groups in total. The predicted molar refractivity (Wildman–Crippen MR) is 126 cm³/mol. The molecule has 3 aliphatic heterocycles. The van der Waals surface area contributed by atoms with Crippen molar-refractivity contribution in [2.75, 3.05) is 32.8 Å². The quantitative estimate of drug-likeness (QED) is 0.629. The van der Waals surface area contributed by atoms with E-state index in [0.717, 1.165) is 49.6 Å². The van der Waals surface area contributed by atoms with Crippen LogP contribution in [0, 0.1) is 23.7 Å². The molecule has 3 heterocycles. The Morgan fingerprint density at radius 2 is 1.91 bits per heavy atom. The van der Waals surface area contributed by atoms with Gasteiger partial charge in [-0.05, 0) is 62.1 Å². The van der Waals surface area contributed by atoms with Crippen molar-refractivity contribution >= 4 is 23.4 Å². The average Bonchev–Trinajstić information content (AvgIpc) is 2.73. The van der Waals surface area contributed by atoms with E-state index >= 15 is 0 Å². The fourth-order valence-corrected chi connectivity index (χ4v) is 6.18. The SMILES string of the molecule is C=CC(=O)N1CC([C@H]2CCN(C(=O)[C@H]3COC(C)(C)C[C@@H]3c3ccccc3Cl)C[C@H]2C)C1. The van der Waals surface area contributed by atoms with Gasteiger partial charge in [0.1, 0.15) is 0 Å². The second kappa shape index (κ2) is 9.18. The molecule has 174 valence electrons. The molecule has 0 aliphatic carbocycles. The van der Waals surface area contributed by atoms with Gasteiger partial charge in [-0.2, -0.15) is 0 Å². The number of rotatable bonds is 4. The molecule has 1 aromatic rings. The highest BCUT2D eigenvalue weighted by atomic mass is 35.5. The van der Waals surface area contributed by atoms with Crippen LogP contribution in [0.15, 0.2) is 36.9 Å². The summed E-state index contributed by atoms with van der Waals surface area (Å²) in [5, 5.41) is 0.726. The number of hydrogen-bond donors (Lipinski definition) is 0. The Hall–Kier alpha value is -1.85. The lowest BCUT2D eigenvalue weighted by molar-refractivity contribution is -0.152. The van der Waals surface area contributed by atoms with E-state index < -0.39 is 0 Å². The van der Waals surface area contributed by atoms with Crippen LogP contribution in [0.1, 0.15) is 45.1 Å². The van der Waals surface area contributed by atoms with Gasteiger partial charge in [0.2, 0.25) is 11.8 Å². The molecule has 2 amide bonds. The van der Waals surface area contributed by atoms with Crippen LogP contribution in [0.3, 0.4) is 0 Å². The molecule has 0 radical (unpaired) electrons. The first-order valence-corrected chi connectivity index (χ1v) is 12.2. The molecule has 4 atom stereocenters. The Morgan fingerprint density at radius 3 is 2.56 bits per heavy atom. The number of piperidine rings is 1. The second-order valence-corrected chi connectivity index (χ2v) is 10.8. The second-order valence-electron chi connectivity index (χ2n) is 10.4. The summed E-state index contributed by atoms with van der Waals surface area (Å²) in [5.74, 6) is 1.54. The van der Waals surface area contributed by atoms with Crippen LogP contribution in [-0.4, -0.2) is 60.0 Å². The third kappa shape index (κ3) is 4.60. The van der Waals surface area contributed by atoms with Gasteiger partial charge >= 0.3 is 0 Å². The molecule has 4 rings (SSSR count). The number of likely N-dealkylation sites (tertiary alicyclic amines) is 2. The van der Waals surface area contributed by atoms with E-state index in [1.165, 1.54) is 6.08 Å². The molecule has 0 bridgehead atoms. The molecule has 0 spiro atoms. The third-order valence-corrected chi connectivity index (χ3v) is 8.10. The highest BCUT2D eigenvalue weighted by Gasteiger charge is 2.45. The van der Waals surface area contributed by atoms with Crippen LogP contribution in [0.4, 0.5) is 0 Å². The zero-order valence-corrected chi connectivity index (χ0v) is 20.2. The van der Waals surface area contributed by atoms with Crippen LogP contribution in [-0.2, 0) is 14.3 Å². The Morgan fingerprint density at radius 1 is 1.19 bits per heavy atom. The molecule has 3 saturated heterocycles. The fourth-order valence-electron chi connectivity index (χ4n) is 5.90. The number of amides is 2. The predicted octanol–water partition coefficient (Wildman–Crippen LogP) is 4.37. The molecule has 0 aromatic heterocycles. The number of nitrogens with zero attached hydrogens (tertiary/aromatic N) is 2. The van der Waals surface area contributed by atoms with E-state index in [1.54, 1.807) is 0 Å². The first-order valence-electron chi connectivity index (χ1n) is 11.8.